The molecule has 1 aromatic heterocycles. The number of ether oxygens (including phenoxy) is 1. The van der Waals surface area contributed by atoms with Gasteiger partial charge in [-0.1, -0.05) is 24.3 Å². The summed E-state index contributed by atoms with van der Waals surface area (Å²) in [5.41, 5.74) is 3.76. The minimum Gasteiger partial charge on any atom is -0.497 e. The SMILES string of the molecule is COc1cccc(-c2nc(-c3ccc(NC(C)=O)cc3)cs2)c1. The summed E-state index contributed by atoms with van der Waals surface area (Å²) in [6.45, 7) is 1.49. The molecule has 5 heteroatoms. The van der Waals surface area contributed by atoms with E-state index in [4.69, 9.17) is 9.72 Å². The number of anilines is 1. The largest absolute Gasteiger partial charge is 0.497 e. The van der Waals surface area contributed by atoms with E-state index in [1.807, 2.05) is 53.9 Å². The topological polar surface area (TPSA) is 51.2 Å². The van der Waals surface area contributed by atoms with Gasteiger partial charge in [0.15, 0.2) is 0 Å². The molecule has 0 saturated heterocycles. The Morgan fingerprint density at radius 1 is 1.13 bits per heavy atom. The Balaban J connectivity index is 1.85. The zero-order chi connectivity index (χ0) is 16.2. The predicted molar refractivity (Wildman–Crippen MR) is 93.8 cm³/mol. The van der Waals surface area contributed by atoms with Crippen LogP contribution < -0.4 is 10.1 Å². The van der Waals surface area contributed by atoms with Crippen LogP contribution in [0.25, 0.3) is 21.8 Å². The number of methoxy groups -OCH3 is 1. The summed E-state index contributed by atoms with van der Waals surface area (Å²) in [7, 11) is 1.66. The second-order valence-corrected chi connectivity index (χ2v) is 5.89. The Morgan fingerprint density at radius 3 is 2.61 bits per heavy atom. The number of benzene rings is 2. The van der Waals surface area contributed by atoms with E-state index in [0.29, 0.717) is 0 Å². The minimum atomic E-state index is -0.0771. The highest BCUT2D eigenvalue weighted by Crippen LogP contribution is 2.31. The summed E-state index contributed by atoms with van der Waals surface area (Å²) in [5, 5.41) is 5.74. The third-order valence-electron chi connectivity index (χ3n) is 3.32. The standard InChI is InChI=1S/C18H16N2O2S/c1-12(21)19-15-8-6-13(7-9-15)17-11-23-18(20-17)14-4-3-5-16(10-14)22-2/h3-11H,1-2H3,(H,19,21). The van der Waals surface area contributed by atoms with Gasteiger partial charge >= 0.3 is 0 Å². The maximum atomic E-state index is 11.0. The van der Waals surface area contributed by atoms with Crippen molar-refractivity contribution in [1.29, 1.82) is 0 Å². The van der Waals surface area contributed by atoms with Crippen LogP contribution >= 0.6 is 11.3 Å². The van der Waals surface area contributed by atoms with Gasteiger partial charge in [0.1, 0.15) is 10.8 Å². The van der Waals surface area contributed by atoms with Gasteiger partial charge in [0.05, 0.1) is 12.8 Å². The van der Waals surface area contributed by atoms with Gasteiger partial charge in [0.2, 0.25) is 5.91 Å². The van der Waals surface area contributed by atoms with Crippen LogP contribution in [0.2, 0.25) is 0 Å². The predicted octanol–water partition coefficient (Wildman–Crippen LogP) is 4.44. The average Bonchev–Trinajstić information content (AvgIpc) is 3.05. The molecule has 3 rings (SSSR count). The zero-order valence-electron chi connectivity index (χ0n) is 12.9. The van der Waals surface area contributed by atoms with Crippen LogP contribution in [0.4, 0.5) is 5.69 Å². The lowest BCUT2D eigenvalue weighted by Gasteiger charge is -2.03. The lowest BCUT2D eigenvalue weighted by molar-refractivity contribution is -0.114. The van der Waals surface area contributed by atoms with Crippen molar-refractivity contribution in [3.63, 3.8) is 0 Å². The molecule has 0 aliphatic heterocycles. The number of nitrogens with zero attached hydrogens (tertiary/aromatic N) is 1. The highest BCUT2D eigenvalue weighted by atomic mass is 32.1. The van der Waals surface area contributed by atoms with E-state index >= 15 is 0 Å². The van der Waals surface area contributed by atoms with Crippen LogP contribution in [-0.4, -0.2) is 18.0 Å². The molecule has 116 valence electrons. The number of hydrogen-bond acceptors (Lipinski definition) is 4. The third kappa shape index (κ3) is 3.57. The van der Waals surface area contributed by atoms with E-state index < -0.39 is 0 Å². The molecule has 1 amide bonds. The van der Waals surface area contributed by atoms with Crippen molar-refractivity contribution in [2.24, 2.45) is 0 Å². The van der Waals surface area contributed by atoms with E-state index in [2.05, 4.69) is 5.32 Å². The Bertz CT molecular complexity index is 825. The van der Waals surface area contributed by atoms with Crippen molar-refractivity contribution >= 4 is 22.9 Å². The molecule has 0 atom stereocenters. The first-order chi connectivity index (χ1) is 11.2. The first kappa shape index (κ1) is 15.2. The number of nitrogens with one attached hydrogen (secondary N) is 1. The number of amides is 1. The molecule has 1 heterocycles. The van der Waals surface area contributed by atoms with Gasteiger partial charge < -0.3 is 10.1 Å². The summed E-state index contributed by atoms with van der Waals surface area (Å²) in [6, 6.07) is 15.5. The molecule has 0 unspecified atom stereocenters. The number of carbonyl (C=O) groups is 1. The second-order valence-electron chi connectivity index (χ2n) is 5.03. The van der Waals surface area contributed by atoms with Crippen molar-refractivity contribution < 1.29 is 9.53 Å². The van der Waals surface area contributed by atoms with Crippen molar-refractivity contribution in [2.45, 2.75) is 6.92 Å². The first-order valence-electron chi connectivity index (χ1n) is 7.13. The molecule has 3 aromatic rings. The van der Waals surface area contributed by atoms with Gasteiger partial charge in [-0.05, 0) is 24.3 Å². The summed E-state index contributed by atoms with van der Waals surface area (Å²) < 4.78 is 5.25. The molecule has 0 aliphatic carbocycles. The van der Waals surface area contributed by atoms with Gasteiger partial charge in [-0.2, -0.15) is 0 Å². The lowest BCUT2D eigenvalue weighted by atomic mass is 10.1. The maximum Gasteiger partial charge on any atom is 0.221 e. The fraction of sp³-hybridized carbons (Fsp3) is 0.111. The molecule has 0 saturated carbocycles. The fourth-order valence-electron chi connectivity index (χ4n) is 2.22. The molecule has 0 spiro atoms. The van der Waals surface area contributed by atoms with Gasteiger partial charge in [-0.15, -0.1) is 11.3 Å². The summed E-state index contributed by atoms with van der Waals surface area (Å²) in [5.74, 6) is 0.741. The van der Waals surface area contributed by atoms with Gasteiger partial charge in [0.25, 0.3) is 0 Å². The van der Waals surface area contributed by atoms with Gasteiger partial charge in [0, 0.05) is 29.1 Å². The van der Waals surface area contributed by atoms with Crippen LogP contribution in [0.3, 0.4) is 0 Å². The maximum absolute atomic E-state index is 11.0. The van der Waals surface area contributed by atoms with Crippen LogP contribution in [0.15, 0.2) is 53.9 Å². The Morgan fingerprint density at radius 2 is 1.91 bits per heavy atom. The Labute approximate surface area is 138 Å². The molecule has 0 aliphatic rings. The van der Waals surface area contributed by atoms with Crippen molar-refractivity contribution in [3.05, 3.63) is 53.9 Å². The molecule has 1 N–H and O–H groups in total. The Hall–Kier alpha value is -2.66. The zero-order valence-corrected chi connectivity index (χ0v) is 13.7. The van der Waals surface area contributed by atoms with E-state index in [9.17, 15) is 4.79 Å². The van der Waals surface area contributed by atoms with Crippen molar-refractivity contribution in [1.82, 2.24) is 4.98 Å². The molecule has 2 aromatic carbocycles. The van der Waals surface area contributed by atoms with Crippen LogP contribution in [0.1, 0.15) is 6.92 Å². The molecule has 0 bridgehead atoms. The molecule has 0 fully saturated rings. The van der Waals surface area contributed by atoms with E-state index in [1.165, 1.54) is 6.92 Å². The molecule has 0 radical (unpaired) electrons. The second kappa shape index (κ2) is 6.62. The minimum absolute atomic E-state index is 0.0771. The molecular weight excluding hydrogens is 308 g/mol. The van der Waals surface area contributed by atoms with E-state index in [0.717, 1.165) is 33.3 Å². The monoisotopic (exact) mass is 324 g/mol. The lowest BCUT2D eigenvalue weighted by Crippen LogP contribution is -2.05. The highest BCUT2D eigenvalue weighted by molar-refractivity contribution is 7.13. The number of rotatable bonds is 4. The molecular formula is C18H16N2O2S. The molecule has 23 heavy (non-hydrogen) atoms. The highest BCUT2D eigenvalue weighted by Gasteiger charge is 2.08. The van der Waals surface area contributed by atoms with E-state index in [1.54, 1.807) is 18.4 Å². The van der Waals surface area contributed by atoms with Crippen molar-refractivity contribution in [2.75, 3.05) is 12.4 Å². The van der Waals surface area contributed by atoms with Crippen molar-refractivity contribution in [3.8, 4) is 27.6 Å². The third-order valence-corrected chi connectivity index (χ3v) is 4.21. The Kier molecular flexibility index (Phi) is 4.39. The number of thiazole rings is 1. The quantitative estimate of drug-likeness (QED) is 0.771. The smallest absolute Gasteiger partial charge is 0.221 e. The molecule has 4 nitrogen and oxygen atoms in total. The van der Waals surface area contributed by atoms with Crippen LogP contribution in [-0.2, 0) is 4.79 Å². The number of hydrogen-bond donors (Lipinski definition) is 1. The summed E-state index contributed by atoms with van der Waals surface area (Å²) in [6.07, 6.45) is 0. The summed E-state index contributed by atoms with van der Waals surface area (Å²) in [4.78, 5) is 15.7. The fourth-order valence-corrected chi connectivity index (χ4v) is 3.05. The number of aromatic nitrogens is 1. The van der Waals surface area contributed by atoms with Gasteiger partial charge in [-0.25, -0.2) is 4.98 Å². The average molecular weight is 324 g/mol. The normalized spacial score (nSPS) is 10.3. The number of carbonyl (C=O) groups excluding carboxylic acids is 1. The van der Waals surface area contributed by atoms with Gasteiger partial charge in [-0.3, -0.25) is 4.79 Å². The van der Waals surface area contributed by atoms with E-state index in [-0.39, 0.29) is 5.91 Å². The first-order valence-corrected chi connectivity index (χ1v) is 8.01. The van der Waals surface area contributed by atoms with Crippen LogP contribution in [0, 0.1) is 0 Å². The van der Waals surface area contributed by atoms with Crippen LogP contribution in [0.5, 0.6) is 5.75 Å². The summed E-state index contributed by atoms with van der Waals surface area (Å²) >= 11 is 1.60.